The largest absolute Gasteiger partial charge is 0.402 e. The first-order valence-corrected chi connectivity index (χ1v) is 10.5. The van der Waals surface area contributed by atoms with Crippen LogP contribution in [0.5, 0.6) is 0 Å². The number of rotatable bonds is 5. The average Bonchev–Trinajstić information content (AvgIpc) is 2.68. The van der Waals surface area contributed by atoms with Crippen LogP contribution in [0.4, 0.5) is 5.69 Å². The lowest BCUT2D eigenvalue weighted by Crippen LogP contribution is -2.39. The van der Waals surface area contributed by atoms with Crippen LogP contribution < -0.4 is 16.4 Å². The summed E-state index contributed by atoms with van der Waals surface area (Å²) in [5.74, 6) is 0. The smallest absolute Gasteiger partial charge is 0.211 e. The first-order chi connectivity index (χ1) is 13.8. The molecule has 1 fully saturated rings. The number of allylic oxidation sites excluding steroid dienone is 2. The van der Waals surface area contributed by atoms with Crippen molar-refractivity contribution in [2.75, 3.05) is 32.5 Å². The molecule has 1 aliphatic heterocycles. The summed E-state index contributed by atoms with van der Waals surface area (Å²) in [6.07, 6.45) is 5.97. The van der Waals surface area contributed by atoms with E-state index in [4.69, 9.17) is 11.1 Å². The van der Waals surface area contributed by atoms with Crippen LogP contribution in [0.15, 0.2) is 35.5 Å². The Kier molecular flexibility index (Phi) is 8.41. The number of benzene rings is 1. The minimum absolute atomic E-state index is 0.217. The highest BCUT2D eigenvalue weighted by atomic mass is 16.1. The van der Waals surface area contributed by atoms with Gasteiger partial charge < -0.3 is 21.3 Å². The Labute approximate surface area is 175 Å². The molecule has 0 aromatic heterocycles. The third-order valence-electron chi connectivity index (χ3n) is 5.91. The Morgan fingerprint density at radius 2 is 2.00 bits per heavy atom. The van der Waals surface area contributed by atoms with E-state index in [-0.39, 0.29) is 5.41 Å². The number of carbonyl (C=O) groups excluding carboxylic acids is 1. The van der Waals surface area contributed by atoms with Crippen molar-refractivity contribution in [3.05, 3.63) is 41.1 Å². The fourth-order valence-electron chi connectivity index (χ4n) is 3.92. The van der Waals surface area contributed by atoms with Crippen molar-refractivity contribution in [3.63, 3.8) is 0 Å². The molecule has 1 aromatic rings. The lowest BCUT2D eigenvalue weighted by Gasteiger charge is -2.31. The second-order valence-electron chi connectivity index (χ2n) is 8.93. The summed E-state index contributed by atoms with van der Waals surface area (Å²) in [6.45, 7) is 6.92. The maximum atomic E-state index is 10.5. The predicted octanol–water partition coefficient (Wildman–Crippen LogP) is 3.35. The first kappa shape index (κ1) is 23.1. The van der Waals surface area contributed by atoms with E-state index < -0.39 is 0 Å². The summed E-state index contributed by atoms with van der Waals surface area (Å²) < 4.78 is 0. The SMILES string of the molecule is CC1(C)CCC(C(=N)c2cccc(NC=O)c2)=C(N)C1.CNC1CCN(C)CC1. The lowest BCUT2D eigenvalue weighted by molar-refractivity contribution is -0.105. The summed E-state index contributed by atoms with van der Waals surface area (Å²) >= 11 is 0. The third kappa shape index (κ3) is 6.98. The van der Waals surface area contributed by atoms with Crippen LogP contribution in [0.25, 0.3) is 0 Å². The molecule has 6 nitrogen and oxygen atoms in total. The van der Waals surface area contributed by atoms with Crippen molar-refractivity contribution < 1.29 is 4.79 Å². The zero-order chi connectivity index (χ0) is 21.4. The summed E-state index contributed by atoms with van der Waals surface area (Å²) in [5, 5.41) is 14.3. The van der Waals surface area contributed by atoms with E-state index in [0.717, 1.165) is 42.1 Å². The molecule has 5 N–H and O–H groups in total. The van der Waals surface area contributed by atoms with E-state index in [2.05, 4.69) is 43.5 Å². The lowest BCUT2D eigenvalue weighted by atomic mass is 9.75. The van der Waals surface area contributed by atoms with Gasteiger partial charge in [0.15, 0.2) is 0 Å². The molecule has 29 heavy (non-hydrogen) atoms. The summed E-state index contributed by atoms with van der Waals surface area (Å²) in [5.41, 5.74) is 10.1. The molecular weight excluding hydrogens is 362 g/mol. The molecule has 1 amide bonds. The highest BCUT2D eigenvalue weighted by Crippen LogP contribution is 2.37. The third-order valence-corrected chi connectivity index (χ3v) is 5.91. The molecular formula is C23H37N5O. The van der Waals surface area contributed by atoms with Gasteiger partial charge in [0.05, 0.1) is 5.71 Å². The van der Waals surface area contributed by atoms with Gasteiger partial charge in [0.1, 0.15) is 0 Å². The molecule has 0 bridgehead atoms. The van der Waals surface area contributed by atoms with Crippen molar-refractivity contribution in [3.8, 4) is 0 Å². The first-order valence-electron chi connectivity index (χ1n) is 10.5. The molecule has 0 spiro atoms. The second-order valence-corrected chi connectivity index (χ2v) is 8.93. The molecule has 0 unspecified atom stereocenters. The van der Waals surface area contributed by atoms with Crippen LogP contribution >= 0.6 is 0 Å². The number of piperidine rings is 1. The van der Waals surface area contributed by atoms with Gasteiger partial charge in [-0.05, 0) is 82.4 Å². The van der Waals surface area contributed by atoms with E-state index in [1.165, 1.54) is 25.9 Å². The van der Waals surface area contributed by atoms with Crippen LogP contribution in [0, 0.1) is 10.8 Å². The average molecular weight is 400 g/mol. The number of hydrogen-bond acceptors (Lipinski definition) is 5. The molecule has 0 radical (unpaired) electrons. The number of nitrogens with zero attached hydrogens (tertiary/aromatic N) is 1. The van der Waals surface area contributed by atoms with E-state index in [9.17, 15) is 4.79 Å². The molecule has 3 rings (SSSR count). The molecule has 1 aliphatic carbocycles. The summed E-state index contributed by atoms with van der Waals surface area (Å²) in [6, 6.07) is 8.09. The van der Waals surface area contributed by atoms with Gasteiger partial charge in [-0.15, -0.1) is 0 Å². The van der Waals surface area contributed by atoms with Crippen molar-refractivity contribution in [2.45, 2.75) is 52.0 Å². The maximum absolute atomic E-state index is 10.5. The number of carbonyl (C=O) groups is 1. The fraction of sp³-hybridized carbons (Fsp3) is 0.565. The number of likely N-dealkylation sites (tertiary alicyclic amines) is 1. The van der Waals surface area contributed by atoms with Gasteiger partial charge in [0, 0.05) is 23.0 Å². The topological polar surface area (TPSA) is 94.2 Å². The molecule has 0 saturated carbocycles. The molecule has 1 aromatic carbocycles. The Bertz CT molecular complexity index is 733. The van der Waals surface area contributed by atoms with Gasteiger partial charge in [-0.3, -0.25) is 10.2 Å². The van der Waals surface area contributed by atoms with Crippen LogP contribution in [-0.4, -0.2) is 50.2 Å². The van der Waals surface area contributed by atoms with E-state index >= 15 is 0 Å². The van der Waals surface area contributed by atoms with Crippen molar-refractivity contribution >= 4 is 17.8 Å². The van der Waals surface area contributed by atoms with Crippen LogP contribution in [0.3, 0.4) is 0 Å². The standard InChI is InChI=1S/C16H21N3O.C7H16N2/c1-16(2)7-6-13(14(17)9-16)15(18)11-4-3-5-12(8-11)19-10-20;1-8-7-3-5-9(2)6-4-7/h3-5,8,10,18H,6-7,9,17H2,1-2H3,(H,19,20);7-8H,3-6H2,1-2H3. The van der Waals surface area contributed by atoms with Gasteiger partial charge in [-0.1, -0.05) is 26.0 Å². The molecule has 0 atom stereocenters. The zero-order valence-electron chi connectivity index (χ0n) is 18.3. The van der Waals surface area contributed by atoms with Crippen molar-refractivity contribution in [1.82, 2.24) is 10.2 Å². The number of nitrogens with two attached hydrogens (primary N) is 1. The van der Waals surface area contributed by atoms with Gasteiger partial charge in [-0.2, -0.15) is 0 Å². The monoisotopic (exact) mass is 399 g/mol. The minimum Gasteiger partial charge on any atom is -0.402 e. The normalized spacial score (nSPS) is 19.9. The van der Waals surface area contributed by atoms with E-state index in [1.807, 2.05) is 12.1 Å². The Hall–Kier alpha value is -2.18. The zero-order valence-corrected chi connectivity index (χ0v) is 18.3. The highest BCUT2D eigenvalue weighted by molar-refractivity contribution is 6.11. The molecule has 1 heterocycles. The number of nitrogens with one attached hydrogen (secondary N) is 3. The van der Waals surface area contributed by atoms with Crippen molar-refractivity contribution in [2.24, 2.45) is 11.1 Å². The number of amides is 1. The van der Waals surface area contributed by atoms with Crippen molar-refractivity contribution in [1.29, 1.82) is 5.41 Å². The molecule has 2 aliphatic rings. The van der Waals surface area contributed by atoms with E-state index in [1.54, 1.807) is 12.1 Å². The molecule has 1 saturated heterocycles. The predicted molar refractivity (Wildman–Crippen MR) is 121 cm³/mol. The Balaban J connectivity index is 0.000000278. The Morgan fingerprint density at radius 3 is 2.59 bits per heavy atom. The maximum Gasteiger partial charge on any atom is 0.211 e. The van der Waals surface area contributed by atoms with Crippen LogP contribution in [0.2, 0.25) is 0 Å². The highest BCUT2D eigenvalue weighted by Gasteiger charge is 2.27. The molecule has 6 heteroatoms. The van der Waals surface area contributed by atoms with Gasteiger partial charge in [-0.25, -0.2) is 0 Å². The second kappa shape index (κ2) is 10.6. The summed E-state index contributed by atoms with van der Waals surface area (Å²) in [7, 11) is 4.24. The van der Waals surface area contributed by atoms with E-state index in [0.29, 0.717) is 17.8 Å². The van der Waals surface area contributed by atoms with Gasteiger partial charge in [0.25, 0.3) is 0 Å². The number of anilines is 1. The van der Waals surface area contributed by atoms with Crippen LogP contribution in [0.1, 0.15) is 51.5 Å². The van der Waals surface area contributed by atoms with Gasteiger partial charge >= 0.3 is 0 Å². The molecule has 160 valence electrons. The van der Waals surface area contributed by atoms with Gasteiger partial charge in [0.2, 0.25) is 6.41 Å². The Morgan fingerprint density at radius 1 is 1.31 bits per heavy atom. The van der Waals surface area contributed by atoms with Crippen LogP contribution in [-0.2, 0) is 4.79 Å². The fourth-order valence-corrected chi connectivity index (χ4v) is 3.92. The number of hydrogen-bond donors (Lipinski definition) is 4. The quantitative estimate of drug-likeness (QED) is 0.451. The minimum atomic E-state index is 0.217. The summed E-state index contributed by atoms with van der Waals surface area (Å²) in [4.78, 5) is 12.9.